The molecule has 1 rings (SSSR count). The average molecular weight is 298 g/mol. The molecule has 0 aromatic carbocycles. The molecule has 6 heteroatoms. The van der Waals surface area contributed by atoms with Gasteiger partial charge in [0.15, 0.2) is 0 Å². The predicted molar refractivity (Wildman–Crippen MR) is 79.2 cm³/mol. The van der Waals surface area contributed by atoms with Gasteiger partial charge in [-0.3, -0.25) is 9.59 Å². The molecule has 0 aliphatic heterocycles. The predicted octanol–water partition coefficient (Wildman–Crippen LogP) is 2.63. The SMILES string of the molecule is CCCc1nc(C)c(C(=O)NCCC(C)(C)C(=O)O)s1. The van der Waals surface area contributed by atoms with E-state index in [1.807, 2.05) is 6.92 Å². The summed E-state index contributed by atoms with van der Waals surface area (Å²) in [5.41, 5.74) is -0.0860. The van der Waals surface area contributed by atoms with E-state index in [1.165, 1.54) is 11.3 Å². The lowest BCUT2D eigenvalue weighted by Crippen LogP contribution is -2.31. The molecule has 0 aliphatic carbocycles. The van der Waals surface area contributed by atoms with Gasteiger partial charge in [0.1, 0.15) is 4.88 Å². The summed E-state index contributed by atoms with van der Waals surface area (Å²) in [5.74, 6) is -1.02. The molecule has 0 fully saturated rings. The Labute approximate surface area is 123 Å². The number of hydrogen-bond donors (Lipinski definition) is 2. The molecule has 0 saturated carbocycles. The number of carbonyl (C=O) groups excluding carboxylic acids is 1. The third-order valence-electron chi connectivity index (χ3n) is 3.13. The Balaban J connectivity index is 2.57. The van der Waals surface area contributed by atoms with E-state index in [4.69, 9.17) is 5.11 Å². The van der Waals surface area contributed by atoms with Crippen LogP contribution >= 0.6 is 11.3 Å². The fourth-order valence-corrected chi connectivity index (χ4v) is 2.74. The van der Waals surface area contributed by atoms with Crippen molar-refractivity contribution < 1.29 is 14.7 Å². The Morgan fingerprint density at radius 3 is 2.60 bits per heavy atom. The van der Waals surface area contributed by atoms with Crippen molar-refractivity contribution in [3.8, 4) is 0 Å². The van der Waals surface area contributed by atoms with E-state index < -0.39 is 11.4 Å². The monoisotopic (exact) mass is 298 g/mol. The minimum absolute atomic E-state index is 0.163. The molecule has 112 valence electrons. The number of aryl methyl sites for hydroxylation is 2. The Kier molecular flexibility index (Phi) is 5.68. The zero-order valence-corrected chi connectivity index (χ0v) is 13.3. The lowest BCUT2D eigenvalue weighted by Gasteiger charge is -2.18. The van der Waals surface area contributed by atoms with Crippen LogP contribution in [0.2, 0.25) is 0 Å². The number of carboxylic acid groups (broad SMARTS) is 1. The van der Waals surface area contributed by atoms with Gasteiger partial charge in [-0.15, -0.1) is 11.3 Å². The summed E-state index contributed by atoms with van der Waals surface area (Å²) >= 11 is 1.42. The van der Waals surface area contributed by atoms with Crippen LogP contribution in [-0.4, -0.2) is 28.5 Å². The van der Waals surface area contributed by atoms with E-state index in [0.717, 1.165) is 23.5 Å². The average Bonchev–Trinajstić information content (AvgIpc) is 2.70. The van der Waals surface area contributed by atoms with E-state index in [9.17, 15) is 9.59 Å². The number of aliphatic carboxylic acids is 1. The first-order chi connectivity index (χ1) is 9.27. The normalized spacial score (nSPS) is 11.4. The number of nitrogens with one attached hydrogen (secondary N) is 1. The molecule has 20 heavy (non-hydrogen) atoms. The second kappa shape index (κ2) is 6.83. The van der Waals surface area contributed by atoms with E-state index in [2.05, 4.69) is 17.2 Å². The van der Waals surface area contributed by atoms with Gasteiger partial charge >= 0.3 is 5.97 Å². The lowest BCUT2D eigenvalue weighted by atomic mass is 9.90. The zero-order valence-electron chi connectivity index (χ0n) is 12.4. The van der Waals surface area contributed by atoms with Crippen LogP contribution in [0.1, 0.15) is 54.0 Å². The molecule has 1 amide bonds. The summed E-state index contributed by atoms with van der Waals surface area (Å²) in [4.78, 5) is 28.0. The van der Waals surface area contributed by atoms with E-state index in [-0.39, 0.29) is 5.91 Å². The van der Waals surface area contributed by atoms with Gasteiger partial charge in [-0.05, 0) is 40.0 Å². The van der Waals surface area contributed by atoms with Crippen molar-refractivity contribution in [1.82, 2.24) is 10.3 Å². The Morgan fingerprint density at radius 2 is 2.05 bits per heavy atom. The first-order valence-electron chi connectivity index (χ1n) is 6.76. The molecule has 5 nitrogen and oxygen atoms in total. The molecule has 1 aromatic rings. The summed E-state index contributed by atoms with van der Waals surface area (Å²) in [5, 5.41) is 12.8. The standard InChI is InChI=1S/C14H22N2O3S/c1-5-6-10-16-9(2)11(20-10)12(17)15-8-7-14(3,4)13(18)19/h5-8H2,1-4H3,(H,15,17)(H,18,19). The van der Waals surface area contributed by atoms with Gasteiger partial charge in [-0.25, -0.2) is 4.98 Å². The number of carbonyl (C=O) groups is 2. The highest BCUT2D eigenvalue weighted by molar-refractivity contribution is 7.13. The molecule has 2 N–H and O–H groups in total. The van der Waals surface area contributed by atoms with Gasteiger partial charge in [0.25, 0.3) is 5.91 Å². The first-order valence-corrected chi connectivity index (χ1v) is 7.57. The summed E-state index contributed by atoms with van der Waals surface area (Å²) in [7, 11) is 0. The van der Waals surface area contributed by atoms with Crippen molar-refractivity contribution in [3.63, 3.8) is 0 Å². The van der Waals surface area contributed by atoms with Gasteiger partial charge in [0.2, 0.25) is 0 Å². The molecule has 0 spiro atoms. The summed E-state index contributed by atoms with van der Waals surface area (Å²) in [6.07, 6.45) is 2.28. The van der Waals surface area contributed by atoms with Crippen LogP contribution in [0.3, 0.4) is 0 Å². The van der Waals surface area contributed by atoms with Crippen LogP contribution in [-0.2, 0) is 11.2 Å². The summed E-state index contributed by atoms with van der Waals surface area (Å²) < 4.78 is 0. The van der Waals surface area contributed by atoms with Crippen molar-refractivity contribution in [3.05, 3.63) is 15.6 Å². The highest BCUT2D eigenvalue weighted by Crippen LogP contribution is 2.21. The van der Waals surface area contributed by atoms with Crippen LogP contribution in [0.5, 0.6) is 0 Å². The van der Waals surface area contributed by atoms with Crippen LogP contribution < -0.4 is 5.32 Å². The van der Waals surface area contributed by atoms with Crippen LogP contribution in [0.25, 0.3) is 0 Å². The number of nitrogens with zero attached hydrogens (tertiary/aromatic N) is 1. The fraction of sp³-hybridized carbons (Fsp3) is 0.643. The van der Waals surface area contributed by atoms with Crippen LogP contribution in [0, 0.1) is 12.3 Å². The van der Waals surface area contributed by atoms with Gasteiger partial charge in [0.05, 0.1) is 16.1 Å². The highest BCUT2D eigenvalue weighted by Gasteiger charge is 2.26. The van der Waals surface area contributed by atoms with Gasteiger partial charge < -0.3 is 10.4 Å². The molecule has 0 aliphatic rings. The van der Waals surface area contributed by atoms with Crippen LogP contribution in [0.4, 0.5) is 0 Å². The Morgan fingerprint density at radius 1 is 1.40 bits per heavy atom. The van der Waals surface area contributed by atoms with Crippen molar-refractivity contribution in [2.45, 2.75) is 47.0 Å². The minimum atomic E-state index is -0.856. The maximum atomic E-state index is 12.1. The highest BCUT2D eigenvalue weighted by atomic mass is 32.1. The molecular weight excluding hydrogens is 276 g/mol. The fourth-order valence-electron chi connectivity index (χ4n) is 1.66. The maximum absolute atomic E-state index is 12.1. The van der Waals surface area contributed by atoms with Gasteiger partial charge in [0, 0.05) is 6.54 Å². The summed E-state index contributed by atoms with van der Waals surface area (Å²) in [6.45, 7) is 7.55. The Bertz CT molecular complexity index is 495. The number of thiazole rings is 1. The van der Waals surface area contributed by atoms with Crippen molar-refractivity contribution in [1.29, 1.82) is 0 Å². The summed E-state index contributed by atoms with van der Waals surface area (Å²) in [6, 6.07) is 0. The largest absolute Gasteiger partial charge is 0.481 e. The van der Waals surface area contributed by atoms with E-state index in [0.29, 0.717) is 17.8 Å². The molecule has 0 bridgehead atoms. The first kappa shape index (κ1) is 16.6. The number of aromatic nitrogens is 1. The molecule has 0 radical (unpaired) electrons. The van der Waals surface area contributed by atoms with Crippen molar-refractivity contribution in [2.75, 3.05) is 6.54 Å². The Hall–Kier alpha value is -1.43. The van der Waals surface area contributed by atoms with Gasteiger partial charge in [-0.1, -0.05) is 6.92 Å². The zero-order chi connectivity index (χ0) is 15.3. The van der Waals surface area contributed by atoms with Crippen molar-refractivity contribution in [2.24, 2.45) is 5.41 Å². The number of amides is 1. The number of carboxylic acids is 1. The van der Waals surface area contributed by atoms with Crippen LogP contribution in [0.15, 0.2) is 0 Å². The minimum Gasteiger partial charge on any atom is -0.481 e. The van der Waals surface area contributed by atoms with Crippen molar-refractivity contribution >= 4 is 23.2 Å². The smallest absolute Gasteiger partial charge is 0.309 e. The third-order valence-corrected chi connectivity index (χ3v) is 4.34. The molecule has 1 aromatic heterocycles. The second-order valence-electron chi connectivity index (χ2n) is 5.47. The molecule has 0 saturated heterocycles. The third kappa shape index (κ3) is 4.30. The number of hydrogen-bond acceptors (Lipinski definition) is 4. The number of rotatable bonds is 7. The molecule has 0 atom stereocenters. The van der Waals surface area contributed by atoms with E-state index in [1.54, 1.807) is 13.8 Å². The van der Waals surface area contributed by atoms with E-state index >= 15 is 0 Å². The lowest BCUT2D eigenvalue weighted by molar-refractivity contribution is -0.147. The second-order valence-corrected chi connectivity index (χ2v) is 6.55. The molecular formula is C14H22N2O3S. The molecule has 0 unspecified atom stereocenters. The van der Waals surface area contributed by atoms with Gasteiger partial charge in [-0.2, -0.15) is 0 Å². The maximum Gasteiger partial charge on any atom is 0.309 e. The topological polar surface area (TPSA) is 79.3 Å². The molecule has 1 heterocycles. The quantitative estimate of drug-likeness (QED) is 0.811.